The molecule has 1 aromatic rings. The van der Waals surface area contributed by atoms with E-state index in [1.807, 2.05) is 42.2 Å². The standard InChI is InChI=1S/C16H24N2O/c1-13(15-5-3-2-4-6-15)16(19)18-11-8-14(7-10-17)9-12-18/h2-6,13-14H,7-12,17H2,1H3. The predicted molar refractivity (Wildman–Crippen MR) is 77.8 cm³/mol. The van der Waals surface area contributed by atoms with Gasteiger partial charge in [-0.3, -0.25) is 4.79 Å². The van der Waals surface area contributed by atoms with Crippen molar-refractivity contribution in [3.8, 4) is 0 Å². The molecule has 0 spiro atoms. The number of piperidine rings is 1. The highest BCUT2D eigenvalue weighted by atomic mass is 16.2. The van der Waals surface area contributed by atoms with Crippen LogP contribution in [0.2, 0.25) is 0 Å². The van der Waals surface area contributed by atoms with Crippen molar-refractivity contribution < 1.29 is 4.79 Å². The molecule has 0 radical (unpaired) electrons. The van der Waals surface area contributed by atoms with Gasteiger partial charge in [0.25, 0.3) is 0 Å². The quantitative estimate of drug-likeness (QED) is 0.903. The fourth-order valence-corrected chi connectivity index (χ4v) is 2.84. The minimum Gasteiger partial charge on any atom is -0.342 e. The lowest BCUT2D eigenvalue weighted by atomic mass is 9.92. The number of likely N-dealkylation sites (tertiary alicyclic amines) is 1. The number of amides is 1. The summed E-state index contributed by atoms with van der Waals surface area (Å²) < 4.78 is 0. The summed E-state index contributed by atoms with van der Waals surface area (Å²) in [5.41, 5.74) is 6.71. The summed E-state index contributed by atoms with van der Waals surface area (Å²) in [4.78, 5) is 14.5. The van der Waals surface area contributed by atoms with Gasteiger partial charge in [0.05, 0.1) is 5.92 Å². The molecule has 1 fully saturated rings. The second-order valence-corrected chi connectivity index (χ2v) is 5.48. The van der Waals surface area contributed by atoms with Crippen molar-refractivity contribution in [2.45, 2.75) is 32.1 Å². The number of carbonyl (C=O) groups is 1. The maximum atomic E-state index is 12.5. The molecule has 0 saturated carbocycles. The van der Waals surface area contributed by atoms with Gasteiger partial charge >= 0.3 is 0 Å². The summed E-state index contributed by atoms with van der Waals surface area (Å²) >= 11 is 0. The van der Waals surface area contributed by atoms with E-state index in [2.05, 4.69) is 0 Å². The molecular formula is C16H24N2O. The average Bonchev–Trinajstić information content (AvgIpc) is 2.48. The number of benzene rings is 1. The Morgan fingerprint density at radius 2 is 1.95 bits per heavy atom. The van der Waals surface area contributed by atoms with Gasteiger partial charge in [0, 0.05) is 13.1 Å². The van der Waals surface area contributed by atoms with Crippen molar-refractivity contribution >= 4 is 5.91 Å². The molecule has 3 nitrogen and oxygen atoms in total. The number of rotatable bonds is 4. The summed E-state index contributed by atoms with van der Waals surface area (Å²) in [6, 6.07) is 10.0. The minimum atomic E-state index is -0.0349. The first-order valence-electron chi connectivity index (χ1n) is 7.26. The molecule has 19 heavy (non-hydrogen) atoms. The molecule has 0 aromatic heterocycles. The maximum absolute atomic E-state index is 12.5. The Morgan fingerprint density at radius 1 is 1.32 bits per heavy atom. The third kappa shape index (κ3) is 3.57. The predicted octanol–water partition coefficient (Wildman–Crippen LogP) is 2.38. The number of hydrogen-bond donors (Lipinski definition) is 1. The molecule has 1 unspecified atom stereocenters. The number of hydrogen-bond acceptors (Lipinski definition) is 2. The van der Waals surface area contributed by atoms with Crippen molar-refractivity contribution in [3.05, 3.63) is 35.9 Å². The summed E-state index contributed by atoms with van der Waals surface area (Å²) in [5, 5.41) is 0. The molecule has 1 aromatic carbocycles. The zero-order chi connectivity index (χ0) is 13.7. The van der Waals surface area contributed by atoms with E-state index in [1.165, 1.54) is 0 Å². The molecule has 2 N–H and O–H groups in total. The van der Waals surface area contributed by atoms with E-state index >= 15 is 0 Å². The van der Waals surface area contributed by atoms with Crippen LogP contribution in [0, 0.1) is 5.92 Å². The first-order valence-corrected chi connectivity index (χ1v) is 7.26. The number of nitrogens with zero attached hydrogens (tertiary/aromatic N) is 1. The van der Waals surface area contributed by atoms with Crippen molar-refractivity contribution in [2.24, 2.45) is 11.7 Å². The van der Waals surface area contributed by atoms with Gasteiger partial charge in [-0.15, -0.1) is 0 Å². The van der Waals surface area contributed by atoms with E-state index < -0.39 is 0 Å². The Labute approximate surface area is 115 Å². The fourth-order valence-electron chi connectivity index (χ4n) is 2.84. The van der Waals surface area contributed by atoms with E-state index in [0.29, 0.717) is 5.92 Å². The van der Waals surface area contributed by atoms with Crippen LogP contribution in [0.25, 0.3) is 0 Å². The van der Waals surface area contributed by atoms with Gasteiger partial charge in [-0.2, -0.15) is 0 Å². The van der Waals surface area contributed by atoms with E-state index in [1.54, 1.807) is 0 Å². The van der Waals surface area contributed by atoms with Crippen LogP contribution >= 0.6 is 0 Å². The molecule has 104 valence electrons. The molecule has 1 aliphatic rings. The monoisotopic (exact) mass is 260 g/mol. The molecule has 1 saturated heterocycles. The molecule has 0 bridgehead atoms. The van der Waals surface area contributed by atoms with E-state index in [4.69, 9.17) is 5.73 Å². The third-order valence-electron chi connectivity index (χ3n) is 4.17. The van der Waals surface area contributed by atoms with Gasteiger partial charge in [-0.1, -0.05) is 30.3 Å². The third-order valence-corrected chi connectivity index (χ3v) is 4.17. The van der Waals surface area contributed by atoms with Crippen LogP contribution in [-0.2, 0) is 4.79 Å². The van der Waals surface area contributed by atoms with Crippen molar-refractivity contribution in [2.75, 3.05) is 19.6 Å². The lowest BCUT2D eigenvalue weighted by Crippen LogP contribution is -2.40. The first kappa shape index (κ1) is 14.1. The van der Waals surface area contributed by atoms with Crippen LogP contribution in [0.15, 0.2) is 30.3 Å². The van der Waals surface area contributed by atoms with Gasteiger partial charge in [0.1, 0.15) is 0 Å². The van der Waals surface area contributed by atoms with Crippen molar-refractivity contribution in [1.29, 1.82) is 0 Å². The van der Waals surface area contributed by atoms with Crippen molar-refractivity contribution in [1.82, 2.24) is 4.90 Å². The zero-order valence-corrected chi connectivity index (χ0v) is 11.7. The first-order chi connectivity index (χ1) is 9.22. The van der Waals surface area contributed by atoms with Crippen LogP contribution in [0.4, 0.5) is 0 Å². The molecule has 3 heteroatoms. The Kier molecular flexibility index (Phi) is 4.97. The highest BCUT2D eigenvalue weighted by molar-refractivity contribution is 5.83. The van der Waals surface area contributed by atoms with Crippen LogP contribution < -0.4 is 5.73 Å². The molecule has 1 atom stereocenters. The Hall–Kier alpha value is -1.35. The Bertz CT molecular complexity index is 396. The molecule has 2 rings (SSSR count). The summed E-state index contributed by atoms with van der Waals surface area (Å²) in [6.45, 7) is 4.55. The van der Waals surface area contributed by atoms with Gasteiger partial charge < -0.3 is 10.6 Å². The maximum Gasteiger partial charge on any atom is 0.229 e. The summed E-state index contributed by atoms with van der Waals surface area (Å²) in [7, 11) is 0. The normalized spacial score (nSPS) is 18.3. The molecule has 0 aliphatic carbocycles. The Morgan fingerprint density at radius 3 is 2.53 bits per heavy atom. The van der Waals surface area contributed by atoms with Crippen molar-refractivity contribution in [3.63, 3.8) is 0 Å². The summed E-state index contributed by atoms with van der Waals surface area (Å²) in [5.74, 6) is 0.936. The fraction of sp³-hybridized carbons (Fsp3) is 0.562. The average molecular weight is 260 g/mol. The van der Waals surface area contributed by atoms with E-state index in [0.717, 1.165) is 44.5 Å². The van der Waals surface area contributed by atoms with E-state index in [9.17, 15) is 4.79 Å². The van der Waals surface area contributed by atoms with Gasteiger partial charge in [0.2, 0.25) is 5.91 Å². The van der Waals surface area contributed by atoms with Crippen LogP contribution in [0.3, 0.4) is 0 Å². The largest absolute Gasteiger partial charge is 0.342 e. The second-order valence-electron chi connectivity index (χ2n) is 5.48. The molecular weight excluding hydrogens is 236 g/mol. The van der Waals surface area contributed by atoms with Gasteiger partial charge in [-0.25, -0.2) is 0 Å². The van der Waals surface area contributed by atoms with E-state index in [-0.39, 0.29) is 11.8 Å². The highest BCUT2D eigenvalue weighted by Crippen LogP contribution is 2.24. The minimum absolute atomic E-state index is 0.0349. The summed E-state index contributed by atoms with van der Waals surface area (Å²) in [6.07, 6.45) is 3.30. The lowest BCUT2D eigenvalue weighted by molar-refractivity contribution is -0.133. The van der Waals surface area contributed by atoms with Crippen LogP contribution in [0.5, 0.6) is 0 Å². The van der Waals surface area contributed by atoms with Gasteiger partial charge in [0.15, 0.2) is 0 Å². The van der Waals surface area contributed by atoms with Gasteiger partial charge in [-0.05, 0) is 44.2 Å². The highest BCUT2D eigenvalue weighted by Gasteiger charge is 2.26. The van der Waals surface area contributed by atoms with Crippen LogP contribution in [0.1, 0.15) is 37.7 Å². The molecule has 1 amide bonds. The topological polar surface area (TPSA) is 46.3 Å². The second kappa shape index (κ2) is 6.71. The number of carbonyl (C=O) groups excluding carboxylic acids is 1. The smallest absolute Gasteiger partial charge is 0.229 e. The molecule has 1 heterocycles. The Balaban J connectivity index is 1.91. The SMILES string of the molecule is CC(C(=O)N1CCC(CCN)CC1)c1ccccc1. The lowest BCUT2D eigenvalue weighted by Gasteiger charge is -2.33. The van der Waals surface area contributed by atoms with Crippen LogP contribution in [-0.4, -0.2) is 30.4 Å². The molecule has 1 aliphatic heterocycles. The zero-order valence-electron chi connectivity index (χ0n) is 11.7. The number of nitrogens with two attached hydrogens (primary N) is 1.